The maximum absolute atomic E-state index is 12.9. The third-order valence-corrected chi connectivity index (χ3v) is 6.91. The number of hydrogen-bond donors (Lipinski definition) is 2. The zero-order chi connectivity index (χ0) is 20.2. The quantitative estimate of drug-likeness (QED) is 0.749. The third-order valence-electron chi connectivity index (χ3n) is 6.91. The largest absolute Gasteiger partial charge is 0.353 e. The van der Waals surface area contributed by atoms with E-state index in [2.05, 4.69) is 17.2 Å². The predicted octanol–water partition coefficient (Wildman–Crippen LogP) is 4.50. The number of likely N-dealkylation sites (tertiary alicyclic amines) is 1. The summed E-state index contributed by atoms with van der Waals surface area (Å²) in [5, 5.41) is 4.37. The van der Waals surface area contributed by atoms with E-state index in [0.29, 0.717) is 17.7 Å². The Hall–Kier alpha value is -2.30. The lowest BCUT2D eigenvalue weighted by Gasteiger charge is -2.34. The molecule has 156 valence electrons. The van der Waals surface area contributed by atoms with Gasteiger partial charge in [-0.2, -0.15) is 0 Å². The summed E-state index contributed by atoms with van der Waals surface area (Å²) in [5.41, 5.74) is 1.65. The first-order valence-corrected chi connectivity index (χ1v) is 11.3. The van der Waals surface area contributed by atoms with Gasteiger partial charge in [0.15, 0.2) is 0 Å². The standard InChI is InChI=1S/C24H33N3O2/c1-17(23(28)25-20-9-4-2-3-5-10-20)18-12-14-27(15-13-18)24(29)22-16-19-8-6-7-11-21(19)26-22/h6-8,11,16-18,20,26H,2-5,9-10,12-15H2,1H3,(H,25,28). The van der Waals surface area contributed by atoms with Crippen molar-refractivity contribution in [1.82, 2.24) is 15.2 Å². The highest BCUT2D eigenvalue weighted by molar-refractivity contribution is 5.98. The van der Waals surface area contributed by atoms with Gasteiger partial charge in [0.1, 0.15) is 5.69 Å². The Balaban J connectivity index is 1.30. The van der Waals surface area contributed by atoms with Crippen LogP contribution in [-0.2, 0) is 4.79 Å². The first-order valence-electron chi connectivity index (χ1n) is 11.3. The van der Waals surface area contributed by atoms with Crippen LogP contribution in [0, 0.1) is 11.8 Å². The normalized spacial score (nSPS) is 20.4. The number of piperidine rings is 1. The van der Waals surface area contributed by atoms with Gasteiger partial charge in [-0.15, -0.1) is 0 Å². The van der Waals surface area contributed by atoms with Crippen molar-refractivity contribution in [2.75, 3.05) is 13.1 Å². The molecule has 2 heterocycles. The number of carbonyl (C=O) groups is 2. The number of amides is 2. The molecule has 2 aromatic rings. The van der Waals surface area contributed by atoms with Gasteiger partial charge in [0.05, 0.1) is 0 Å². The molecule has 2 amide bonds. The minimum atomic E-state index is 0.0172. The molecular weight excluding hydrogens is 362 g/mol. The van der Waals surface area contributed by atoms with Crippen molar-refractivity contribution in [3.8, 4) is 0 Å². The Kier molecular flexibility index (Phi) is 6.22. The molecule has 5 heteroatoms. The molecule has 1 atom stereocenters. The number of aromatic amines is 1. The fraction of sp³-hybridized carbons (Fsp3) is 0.583. The highest BCUT2D eigenvalue weighted by atomic mass is 16.2. The van der Waals surface area contributed by atoms with Crippen LogP contribution in [0.3, 0.4) is 0 Å². The Bertz CT molecular complexity index is 810. The molecule has 5 nitrogen and oxygen atoms in total. The summed E-state index contributed by atoms with van der Waals surface area (Å²) >= 11 is 0. The number of nitrogens with zero attached hydrogens (tertiary/aromatic N) is 1. The van der Waals surface area contributed by atoms with E-state index in [9.17, 15) is 9.59 Å². The summed E-state index contributed by atoms with van der Waals surface area (Å²) in [7, 11) is 0. The van der Waals surface area contributed by atoms with Crippen molar-refractivity contribution < 1.29 is 9.59 Å². The van der Waals surface area contributed by atoms with Crippen molar-refractivity contribution >= 4 is 22.7 Å². The van der Waals surface area contributed by atoms with Crippen LogP contribution in [-0.4, -0.2) is 40.8 Å². The van der Waals surface area contributed by atoms with Gasteiger partial charge in [0.2, 0.25) is 5.91 Å². The lowest BCUT2D eigenvalue weighted by molar-refractivity contribution is -0.127. The van der Waals surface area contributed by atoms with Crippen LogP contribution in [0.15, 0.2) is 30.3 Å². The molecule has 1 saturated heterocycles. The molecule has 4 rings (SSSR count). The van der Waals surface area contributed by atoms with Crippen LogP contribution in [0.1, 0.15) is 68.8 Å². The summed E-state index contributed by atoms with van der Waals surface area (Å²) in [4.78, 5) is 30.8. The average molecular weight is 396 g/mol. The number of hydrogen-bond acceptors (Lipinski definition) is 2. The zero-order valence-electron chi connectivity index (χ0n) is 17.5. The summed E-state index contributed by atoms with van der Waals surface area (Å²) < 4.78 is 0. The van der Waals surface area contributed by atoms with E-state index >= 15 is 0 Å². The second-order valence-corrected chi connectivity index (χ2v) is 8.89. The van der Waals surface area contributed by atoms with Crippen molar-refractivity contribution in [3.63, 3.8) is 0 Å². The van der Waals surface area contributed by atoms with Gasteiger partial charge in [-0.05, 0) is 43.7 Å². The van der Waals surface area contributed by atoms with Gasteiger partial charge in [-0.25, -0.2) is 0 Å². The fourth-order valence-electron chi connectivity index (χ4n) is 4.93. The summed E-state index contributed by atoms with van der Waals surface area (Å²) in [6.07, 6.45) is 9.08. The van der Waals surface area contributed by atoms with E-state index in [1.54, 1.807) is 0 Å². The van der Waals surface area contributed by atoms with Gasteiger partial charge in [-0.1, -0.05) is 50.8 Å². The monoisotopic (exact) mass is 395 g/mol. The van der Waals surface area contributed by atoms with Crippen LogP contribution >= 0.6 is 0 Å². The predicted molar refractivity (Wildman–Crippen MR) is 116 cm³/mol. The number of carbonyl (C=O) groups excluding carboxylic acids is 2. The van der Waals surface area contributed by atoms with Gasteiger partial charge in [0, 0.05) is 36.0 Å². The van der Waals surface area contributed by atoms with E-state index in [-0.39, 0.29) is 17.7 Å². The molecule has 2 N–H and O–H groups in total. The number of benzene rings is 1. The minimum absolute atomic E-state index is 0.0172. The van der Waals surface area contributed by atoms with Gasteiger partial charge in [0.25, 0.3) is 5.91 Å². The molecule has 0 radical (unpaired) electrons. The second-order valence-electron chi connectivity index (χ2n) is 8.89. The first kappa shape index (κ1) is 20.0. The molecular formula is C24H33N3O2. The number of aromatic nitrogens is 1. The van der Waals surface area contributed by atoms with Gasteiger partial charge in [-0.3, -0.25) is 9.59 Å². The maximum Gasteiger partial charge on any atom is 0.270 e. The van der Waals surface area contributed by atoms with Crippen molar-refractivity contribution in [3.05, 3.63) is 36.0 Å². The molecule has 2 aliphatic rings. The third kappa shape index (κ3) is 4.65. The lowest BCUT2D eigenvalue weighted by Crippen LogP contribution is -2.44. The van der Waals surface area contributed by atoms with Crippen LogP contribution in [0.4, 0.5) is 0 Å². The van der Waals surface area contributed by atoms with Crippen LogP contribution in [0.5, 0.6) is 0 Å². The molecule has 2 fully saturated rings. The number of fused-ring (bicyclic) bond motifs is 1. The van der Waals surface area contributed by atoms with Crippen LogP contribution in [0.25, 0.3) is 10.9 Å². The highest BCUT2D eigenvalue weighted by Crippen LogP contribution is 2.27. The topological polar surface area (TPSA) is 65.2 Å². The molecule has 1 aromatic heterocycles. The van der Waals surface area contributed by atoms with Crippen LogP contribution < -0.4 is 5.32 Å². The van der Waals surface area contributed by atoms with E-state index in [1.807, 2.05) is 35.2 Å². The maximum atomic E-state index is 12.9. The Morgan fingerprint density at radius 3 is 2.41 bits per heavy atom. The lowest BCUT2D eigenvalue weighted by atomic mass is 9.84. The summed E-state index contributed by atoms with van der Waals surface area (Å²) in [5.74, 6) is 0.642. The summed E-state index contributed by atoms with van der Waals surface area (Å²) in [6.45, 7) is 3.51. The minimum Gasteiger partial charge on any atom is -0.353 e. The molecule has 0 bridgehead atoms. The van der Waals surface area contributed by atoms with Crippen molar-refractivity contribution in [2.24, 2.45) is 11.8 Å². The van der Waals surface area contributed by atoms with E-state index in [4.69, 9.17) is 0 Å². The molecule has 1 unspecified atom stereocenters. The van der Waals surface area contributed by atoms with Gasteiger partial charge < -0.3 is 15.2 Å². The number of H-pyrrole nitrogens is 1. The van der Waals surface area contributed by atoms with E-state index < -0.39 is 0 Å². The van der Waals surface area contributed by atoms with E-state index in [1.165, 1.54) is 25.7 Å². The van der Waals surface area contributed by atoms with Crippen LogP contribution in [0.2, 0.25) is 0 Å². The van der Waals surface area contributed by atoms with Crippen molar-refractivity contribution in [1.29, 1.82) is 0 Å². The Morgan fingerprint density at radius 2 is 1.72 bits per heavy atom. The van der Waals surface area contributed by atoms with Gasteiger partial charge >= 0.3 is 0 Å². The highest BCUT2D eigenvalue weighted by Gasteiger charge is 2.31. The number of para-hydroxylation sites is 1. The Labute approximate surface area is 173 Å². The van der Waals surface area contributed by atoms with E-state index in [0.717, 1.165) is 49.7 Å². The molecule has 0 spiro atoms. The molecule has 29 heavy (non-hydrogen) atoms. The average Bonchev–Trinajstić information content (AvgIpc) is 3.03. The molecule has 1 saturated carbocycles. The zero-order valence-corrected chi connectivity index (χ0v) is 17.5. The molecule has 1 aliphatic heterocycles. The molecule has 1 aromatic carbocycles. The summed E-state index contributed by atoms with van der Waals surface area (Å²) in [6, 6.07) is 10.3. The number of nitrogens with one attached hydrogen (secondary N) is 2. The number of rotatable bonds is 4. The molecule has 1 aliphatic carbocycles. The first-order chi connectivity index (χ1) is 14.1. The second kappa shape index (κ2) is 9.02. The fourth-order valence-corrected chi connectivity index (χ4v) is 4.93. The Morgan fingerprint density at radius 1 is 1.03 bits per heavy atom. The van der Waals surface area contributed by atoms with Crippen molar-refractivity contribution in [2.45, 2.75) is 64.3 Å². The smallest absolute Gasteiger partial charge is 0.270 e. The SMILES string of the molecule is CC(C(=O)NC1CCCCCC1)C1CCN(C(=O)c2cc3ccccc3[nH]2)CC1.